The predicted molar refractivity (Wildman–Crippen MR) is 93.4 cm³/mol. The van der Waals surface area contributed by atoms with E-state index in [1.807, 2.05) is 0 Å². The van der Waals surface area contributed by atoms with Crippen molar-refractivity contribution in [3.63, 3.8) is 0 Å². The Morgan fingerprint density at radius 3 is 1.27 bits per heavy atom. The average molecular weight is 438 g/mol. The Hall–Kier alpha value is -0.250. The van der Waals surface area contributed by atoms with Crippen LogP contribution in [0.5, 0.6) is 0 Å². The number of halogens is 4. The molecule has 12 heteroatoms. The second kappa shape index (κ2) is 25.7. The van der Waals surface area contributed by atoms with E-state index in [4.69, 9.17) is 29.3 Å². The molecule has 0 aliphatic rings. The van der Waals surface area contributed by atoms with Crippen molar-refractivity contribution in [2.45, 2.75) is 27.7 Å². The summed E-state index contributed by atoms with van der Waals surface area (Å²) in [4.78, 5) is 19.9. The van der Waals surface area contributed by atoms with E-state index in [2.05, 4.69) is 21.4 Å². The van der Waals surface area contributed by atoms with Gasteiger partial charge in [0.2, 0.25) is 14.5 Å². The number of carboxylic acid groups (broad SMARTS) is 1. The van der Waals surface area contributed by atoms with Gasteiger partial charge in [-0.15, -0.1) is 12.4 Å². The number of carbonyl (C=O) groups excluding carboxylic acids is 1. The van der Waals surface area contributed by atoms with Crippen molar-refractivity contribution in [2.24, 2.45) is 0 Å². The van der Waals surface area contributed by atoms with Crippen LogP contribution in [0.4, 0.5) is 0 Å². The molecule has 0 bridgehead atoms. The number of carboxylic acids is 1. The highest BCUT2D eigenvalue weighted by Gasteiger charge is 1.93. The Balaban J connectivity index is -0.0000000607. The van der Waals surface area contributed by atoms with Crippen molar-refractivity contribution in [1.29, 1.82) is 0 Å². The van der Waals surface area contributed by atoms with Gasteiger partial charge in [0, 0.05) is 32.5 Å². The van der Waals surface area contributed by atoms with E-state index in [-0.39, 0.29) is 17.6 Å². The SMILES string of the molecule is C/C=C(/C)C(=O)Cl.C/C=C(/C)C(=O)O.Cl.O=S(Cl)Cl.O=S=O. The summed E-state index contributed by atoms with van der Waals surface area (Å²) in [5, 5.41) is 7.74. The predicted octanol–water partition coefficient (Wildman–Crippen LogP) is 3.55. The summed E-state index contributed by atoms with van der Waals surface area (Å²) in [6.45, 7) is 6.71. The van der Waals surface area contributed by atoms with Gasteiger partial charge in [0.05, 0.1) is 0 Å². The molecule has 0 fully saturated rings. The largest absolute Gasteiger partial charge is 0.478 e. The first kappa shape index (κ1) is 33.4. The highest BCUT2D eigenvalue weighted by molar-refractivity contribution is 8.26. The zero-order chi connectivity index (χ0) is 18.0. The molecular formula is C10H16Cl4O6S2. The van der Waals surface area contributed by atoms with Crippen molar-refractivity contribution >= 4 is 77.4 Å². The van der Waals surface area contributed by atoms with Crippen molar-refractivity contribution in [1.82, 2.24) is 0 Å². The topological polar surface area (TPSA) is 106 Å². The summed E-state index contributed by atoms with van der Waals surface area (Å²) in [5.74, 6) is -0.845. The fourth-order valence-electron chi connectivity index (χ4n) is 0.237. The third kappa shape index (κ3) is 50.3. The van der Waals surface area contributed by atoms with Gasteiger partial charge < -0.3 is 5.11 Å². The van der Waals surface area contributed by atoms with Gasteiger partial charge in [0.1, 0.15) is 0 Å². The summed E-state index contributed by atoms with van der Waals surface area (Å²) in [6.07, 6.45) is 3.23. The maximum atomic E-state index is 10.1. The van der Waals surface area contributed by atoms with Crippen LogP contribution >= 0.6 is 45.4 Å². The van der Waals surface area contributed by atoms with Crippen LogP contribution in [-0.2, 0) is 30.4 Å². The molecule has 0 aliphatic carbocycles. The van der Waals surface area contributed by atoms with Gasteiger partial charge in [-0.3, -0.25) is 4.79 Å². The summed E-state index contributed by atoms with van der Waals surface area (Å²) in [5.41, 5.74) is 0.988. The first-order valence-electron chi connectivity index (χ1n) is 4.86. The molecule has 0 heterocycles. The molecule has 0 unspecified atom stereocenters. The average Bonchev–Trinajstić information content (AvgIpc) is 2.37. The Bertz CT molecular complexity index is 399. The Morgan fingerprint density at radius 1 is 1.05 bits per heavy atom. The van der Waals surface area contributed by atoms with E-state index in [0.29, 0.717) is 11.1 Å². The van der Waals surface area contributed by atoms with Gasteiger partial charge in [-0.1, -0.05) is 12.2 Å². The van der Waals surface area contributed by atoms with E-state index in [1.165, 1.54) is 0 Å². The lowest BCUT2D eigenvalue weighted by molar-refractivity contribution is -0.132. The summed E-state index contributed by atoms with van der Waals surface area (Å²) < 4.78 is 25.7. The summed E-state index contributed by atoms with van der Waals surface area (Å²) in [7, 11) is 7.36. The van der Waals surface area contributed by atoms with Crippen molar-refractivity contribution in [3.8, 4) is 0 Å². The molecule has 1 N–H and O–H groups in total. The number of carbonyl (C=O) groups is 2. The van der Waals surface area contributed by atoms with E-state index in [9.17, 15) is 9.59 Å². The summed E-state index contributed by atoms with van der Waals surface area (Å²) in [6, 6.07) is 0. The van der Waals surface area contributed by atoms with Crippen LogP contribution in [-0.4, -0.2) is 28.9 Å². The minimum atomic E-state index is -1.67. The molecule has 0 spiro atoms. The van der Waals surface area contributed by atoms with Gasteiger partial charge >= 0.3 is 17.5 Å². The fourth-order valence-corrected chi connectivity index (χ4v) is 0.346. The Labute approximate surface area is 155 Å². The van der Waals surface area contributed by atoms with E-state index in [1.54, 1.807) is 39.8 Å². The lowest BCUT2D eigenvalue weighted by atomic mass is 10.3. The second-order valence-electron chi connectivity index (χ2n) is 2.77. The number of hydrogen-bond acceptors (Lipinski definition) is 5. The van der Waals surface area contributed by atoms with Crippen LogP contribution in [0.15, 0.2) is 23.3 Å². The Kier molecular flexibility index (Phi) is 39.0. The van der Waals surface area contributed by atoms with Crippen molar-refractivity contribution < 1.29 is 27.3 Å². The van der Waals surface area contributed by atoms with Crippen LogP contribution in [0.25, 0.3) is 0 Å². The zero-order valence-electron chi connectivity index (χ0n) is 12.0. The zero-order valence-corrected chi connectivity index (χ0v) is 16.7. The normalized spacial score (nSPS) is 9.45. The van der Waals surface area contributed by atoms with Gasteiger partial charge in [0.15, 0.2) is 0 Å². The van der Waals surface area contributed by atoms with Crippen LogP contribution in [0, 0.1) is 0 Å². The highest BCUT2D eigenvalue weighted by Crippen LogP contribution is 1.95. The smallest absolute Gasteiger partial charge is 0.335 e. The van der Waals surface area contributed by atoms with Crippen LogP contribution in [0.2, 0.25) is 0 Å². The molecule has 0 aliphatic heterocycles. The van der Waals surface area contributed by atoms with E-state index >= 15 is 0 Å². The molecule has 0 aromatic carbocycles. The maximum absolute atomic E-state index is 10.1. The Morgan fingerprint density at radius 2 is 1.27 bits per heavy atom. The first-order chi connectivity index (χ1) is 9.51. The standard InChI is InChI=1S/C5H7ClO.C5H8O2.Cl2OS.ClH.O2S/c2*1-3-4(2)5(6)7;1-4(2)3;;1-3-2/h3H,1-2H3;3H,1-2H3,(H,6,7);;1H;/b2*4-3-;;;. The highest BCUT2D eigenvalue weighted by atomic mass is 36.0. The molecule has 0 aromatic rings. The number of hydrogen-bond donors (Lipinski definition) is 1. The monoisotopic (exact) mass is 436 g/mol. The van der Waals surface area contributed by atoms with Gasteiger partial charge in [-0.2, -0.15) is 8.42 Å². The molecule has 0 aromatic heterocycles. The minimum absolute atomic E-state index is 0. The molecule has 132 valence electrons. The molecule has 0 saturated carbocycles. The molecule has 0 atom stereocenters. The summed E-state index contributed by atoms with van der Waals surface area (Å²) >= 11 is 4.27. The van der Waals surface area contributed by atoms with Crippen molar-refractivity contribution in [3.05, 3.63) is 23.3 Å². The van der Waals surface area contributed by atoms with E-state index < -0.39 is 26.8 Å². The fraction of sp³-hybridized carbons (Fsp3) is 0.400. The van der Waals surface area contributed by atoms with Crippen LogP contribution in [0.3, 0.4) is 0 Å². The number of allylic oxidation sites excluding steroid dienone is 3. The van der Waals surface area contributed by atoms with Crippen LogP contribution in [0.1, 0.15) is 27.7 Å². The number of aliphatic carboxylic acids is 1. The van der Waals surface area contributed by atoms with Gasteiger partial charge in [0.25, 0.3) is 0 Å². The molecule has 0 rings (SSSR count). The maximum Gasteiger partial charge on any atom is 0.335 e. The third-order valence-electron chi connectivity index (χ3n) is 1.51. The minimum Gasteiger partial charge on any atom is -0.478 e. The van der Waals surface area contributed by atoms with E-state index in [0.717, 1.165) is 0 Å². The van der Waals surface area contributed by atoms with Crippen LogP contribution < -0.4 is 0 Å². The molecular weight excluding hydrogens is 422 g/mol. The second-order valence-corrected chi connectivity index (χ2v) is 5.78. The van der Waals surface area contributed by atoms with Gasteiger partial charge in [-0.05, 0) is 39.3 Å². The molecule has 0 amide bonds. The lowest BCUT2D eigenvalue weighted by Gasteiger charge is -1.84. The quantitative estimate of drug-likeness (QED) is 0.522. The van der Waals surface area contributed by atoms with Gasteiger partial charge in [-0.25, -0.2) is 9.00 Å². The molecule has 6 nitrogen and oxygen atoms in total. The number of rotatable bonds is 2. The lowest BCUT2D eigenvalue weighted by Crippen LogP contribution is -1.93. The first-order valence-corrected chi connectivity index (χ1v) is 8.71. The third-order valence-corrected chi connectivity index (χ3v) is 1.81. The molecule has 0 radical (unpaired) electrons. The molecule has 22 heavy (non-hydrogen) atoms. The molecule has 0 saturated heterocycles. The van der Waals surface area contributed by atoms with Crippen molar-refractivity contribution in [2.75, 3.05) is 0 Å².